The van der Waals surface area contributed by atoms with Crippen molar-refractivity contribution in [2.24, 2.45) is 4.99 Å². The Kier molecular flexibility index (Phi) is 7.19. The molecule has 192 valence electrons. The van der Waals surface area contributed by atoms with Gasteiger partial charge < -0.3 is 14.2 Å². The van der Waals surface area contributed by atoms with Crippen molar-refractivity contribution in [2.75, 3.05) is 20.8 Å². The van der Waals surface area contributed by atoms with Gasteiger partial charge in [-0.1, -0.05) is 41.7 Å². The van der Waals surface area contributed by atoms with Gasteiger partial charge in [0.05, 0.1) is 36.6 Å². The van der Waals surface area contributed by atoms with E-state index in [1.165, 1.54) is 18.4 Å². The lowest BCUT2D eigenvalue weighted by atomic mass is 9.92. The number of aromatic nitrogens is 2. The summed E-state index contributed by atoms with van der Waals surface area (Å²) in [5.41, 5.74) is 2.60. The number of thiazole rings is 1. The average Bonchev–Trinajstić information content (AvgIpc) is 3.27. The van der Waals surface area contributed by atoms with Crippen LogP contribution in [0.4, 0.5) is 0 Å². The first kappa shape index (κ1) is 25.2. The molecule has 3 heterocycles. The lowest BCUT2D eigenvalue weighted by Crippen LogP contribution is -2.40. The first-order valence-electron chi connectivity index (χ1n) is 12.0. The Morgan fingerprint density at radius 1 is 1.05 bits per heavy atom. The molecule has 1 unspecified atom stereocenters. The molecule has 9 heteroatoms. The van der Waals surface area contributed by atoms with E-state index in [-0.39, 0.29) is 17.7 Å². The quantitative estimate of drug-likeness (QED) is 0.343. The summed E-state index contributed by atoms with van der Waals surface area (Å²) in [6.45, 7) is 1.91. The van der Waals surface area contributed by atoms with Crippen LogP contribution in [0.1, 0.15) is 29.7 Å². The van der Waals surface area contributed by atoms with Crippen LogP contribution in [-0.4, -0.2) is 36.3 Å². The molecule has 0 saturated carbocycles. The van der Waals surface area contributed by atoms with Gasteiger partial charge in [0.25, 0.3) is 5.56 Å². The Morgan fingerprint density at radius 2 is 1.82 bits per heavy atom. The fraction of sp³-hybridized carbons (Fsp3) is 0.172. The van der Waals surface area contributed by atoms with Crippen molar-refractivity contribution in [1.82, 2.24) is 9.55 Å². The largest absolute Gasteiger partial charge is 0.497 e. The van der Waals surface area contributed by atoms with Crippen molar-refractivity contribution >= 4 is 29.1 Å². The molecule has 0 fully saturated rings. The molecule has 2 aromatic heterocycles. The van der Waals surface area contributed by atoms with Crippen molar-refractivity contribution in [3.63, 3.8) is 0 Å². The van der Waals surface area contributed by atoms with E-state index >= 15 is 0 Å². The van der Waals surface area contributed by atoms with Gasteiger partial charge >= 0.3 is 5.97 Å². The summed E-state index contributed by atoms with van der Waals surface area (Å²) in [6, 6.07) is 17.5. The lowest BCUT2D eigenvalue weighted by Gasteiger charge is -2.27. The van der Waals surface area contributed by atoms with Crippen LogP contribution in [-0.2, 0) is 9.53 Å². The molecule has 0 saturated heterocycles. The molecular formula is C29H25N3O5S. The minimum absolute atomic E-state index is 0.170. The number of carbonyl (C=O) groups is 1. The van der Waals surface area contributed by atoms with Crippen molar-refractivity contribution in [2.45, 2.75) is 13.0 Å². The van der Waals surface area contributed by atoms with Crippen LogP contribution in [0.2, 0.25) is 0 Å². The highest BCUT2D eigenvalue weighted by atomic mass is 32.1. The van der Waals surface area contributed by atoms with Gasteiger partial charge in [0.1, 0.15) is 17.5 Å². The van der Waals surface area contributed by atoms with E-state index in [4.69, 9.17) is 19.2 Å². The number of pyridine rings is 1. The Balaban J connectivity index is 1.87. The topological polar surface area (TPSA) is 92.0 Å². The Morgan fingerprint density at radius 3 is 2.50 bits per heavy atom. The fourth-order valence-electron chi connectivity index (χ4n) is 4.39. The highest BCUT2D eigenvalue weighted by Crippen LogP contribution is 2.40. The summed E-state index contributed by atoms with van der Waals surface area (Å²) in [5.74, 6) is 0.496. The SMILES string of the molecule is CCOC(=O)C1=C(c2ccccc2)N=c2s/c(=C\c3ccncc3)c(=O)n2C1c1ccc(OC)cc1OC. The number of fused-ring (bicyclic) bond motifs is 1. The molecule has 5 rings (SSSR count). The van der Waals surface area contributed by atoms with Crippen LogP contribution in [0, 0.1) is 0 Å². The molecule has 4 aromatic rings. The van der Waals surface area contributed by atoms with E-state index < -0.39 is 12.0 Å². The second kappa shape index (κ2) is 10.9. The summed E-state index contributed by atoms with van der Waals surface area (Å²) in [4.78, 5) is 36.9. The minimum Gasteiger partial charge on any atom is -0.497 e. The van der Waals surface area contributed by atoms with Gasteiger partial charge in [-0.15, -0.1) is 0 Å². The van der Waals surface area contributed by atoms with Gasteiger partial charge in [-0.2, -0.15) is 0 Å². The molecule has 2 aromatic carbocycles. The van der Waals surface area contributed by atoms with Crippen molar-refractivity contribution < 1.29 is 19.0 Å². The Labute approximate surface area is 222 Å². The van der Waals surface area contributed by atoms with E-state index in [1.54, 1.807) is 55.3 Å². The number of hydrogen-bond acceptors (Lipinski definition) is 8. The number of hydrogen-bond donors (Lipinski definition) is 0. The van der Waals surface area contributed by atoms with Crippen LogP contribution in [0.25, 0.3) is 11.8 Å². The van der Waals surface area contributed by atoms with Crippen molar-refractivity contribution in [1.29, 1.82) is 0 Å². The standard InChI is InChI=1S/C29H25N3O5S/c1-4-37-28(34)24-25(19-8-6-5-7-9-19)31-29-32(26(24)21-11-10-20(35-2)17-22(21)36-3)27(33)23(38-29)16-18-12-14-30-15-13-18/h5-17,26H,4H2,1-3H3/b23-16-. The molecule has 0 aliphatic carbocycles. The van der Waals surface area contributed by atoms with E-state index in [9.17, 15) is 9.59 Å². The zero-order valence-electron chi connectivity index (χ0n) is 21.1. The highest BCUT2D eigenvalue weighted by molar-refractivity contribution is 7.07. The molecule has 1 aliphatic heterocycles. The van der Waals surface area contributed by atoms with Gasteiger partial charge in [0, 0.05) is 29.6 Å². The zero-order chi connectivity index (χ0) is 26.6. The second-order valence-electron chi connectivity index (χ2n) is 8.32. The third-order valence-corrected chi connectivity index (χ3v) is 7.10. The van der Waals surface area contributed by atoms with Crippen LogP contribution in [0.3, 0.4) is 0 Å². The smallest absolute Gasteiger partial charge is 0.338 e. The summed E-state index contributed by atoms with van der Waals surface area (Å²) in [7, 11) is 3.10. The monoisotopic (exact) mass is 527 g/mol. The fourth-order valence-corrected chi connectivity index (χ4v) is 5.39. The Hall–Kier alpha value is -4.50. The first-order chi connectivity index (χ1) is 18.5. The van der Waals surface area contributed by atoms with E-state index in [1.807, 2.05) is 42.5 Å². The minimum atomic E-state index is -0.846. The summed E-state index contributed by atoms with van der Waals surface area (Å²) in [5, 5.41) is 0. The molecular weight excluding hydrogens is 502 g/mol. The third kappa shape index (κ3) is 4.64. The van der Waals surface area contributed by atoms with Crippen molar-refractivity contribution in [3.8, 4) is 11.5 Å². The second-order valence-corrected chi connectivity index (χ2v) is 9.33. The number of nitrogens with zero attached hydrogens (tertiary/aromatic N) is 3. The zero-order valence-corrected chi connectivity index (χ0v) is 21.9. The summed E-state index contributed by atoms with van der Waals surface area (Å²) in [6.07, 6.45) is 5.13. The van der Waals surface area contributed by atoms with Gasteiger partial charge in [0.2, 0.25) is 0 Å². The number of esters is 1. The van der Waals surface area contributed by atoms with Crippen LogP contribution < -0.4 is 24.4 Å². The van der Waals surface area contributed by atoms with Crippen LogP contribution >= 0.6 is 11.3 Å². The number of benzene rings is 2. The molecule has 1 aliphatic rings. The predicted molar refractivity (Wildman–Crippen MR) is 145 cm³/mol. The average molecular weight is 528 g/mol. The molecule has 0 amide bonds. The summed E-state index contributed by atoms with van der Waals surface area (Å²) < 4.78 is 18.6. The third-order valence-electron chi connectivity index (χ3n) is 6.11. The molecule has 0 radical (unpaired) electrons. The highest BCUT2D eigenvalue weighted by Gasteiger charge is 2.36. The van der Waals surface area contributed by atoms with Crippen molar-refractivity contribution in [3.05, 3.63) is 115 Å². The molecule has 0 bridgehead atoms. The van der Waals surface area contributed by atoms with Crippen LogP contribution in [0.5, 0.6) is 11.5 Å². The predicted octanol–water partition coefficient (Wildman–Crippen LogP) is 3.35. The number of methoxy groups -OCH3 is 2. The molecule has 0 spiro atoms. The first-order valence-corrected chi connectivity index (χ1v) is 12.8. The van der Waals surface area contributed by atoms with E-state index in [0.29, 0.717) is 32.1 Å². The molecule has 0 N–H and O–H groups in total. The van der Waals surface area contributed by atoms with E-state index in [0.717, 1.165) is 11.1 Å². The normalized spacial score (nSPS) is 15.0. The number of ether oxygens (including phenoxy) is 3. The number of carbonyl (C=O) groups excluding carboxylic acids is 1. The lowest BCUT2D eigenvalue weighted by molar-refractivity contribution is -0.138. The Bertz CT molecular complexity index is 1690. The van der Waals surface area contributed by atoms with Gasteiger partial charge in [-0.05, 0) is 42.8 Å². The van der Waals surface area contributed by atoms with Gasteiger partial charge in [-0.3, -0.25) is 14.3 Å². The maximum absolute atomic E-state index is 13.9. The van der Waals surface area contributed by atoms with Gasteiger partial charge in [0.15, 0.2) is 4.80 Å². The van der Waals surface area contributed by atoms with Gasteiger partial charge in [-0.25, -0.2) is 9.79 Å². The van der Waals surface area contributed by atoms with Crippen LogP contribution in [0.15, 0.2) is 88.4 Å². The molecule has 1 atom stereocenters. The molecule has 38 heavy (non-hydrogen) atoms. The molecule has 8 nitrogen and oxygen atoms in total. The summed E-state index contributed by atoms with van der Waals surface area (Å²) >= 11 is 1.26. The van der Waals surface area contributed by atoms with E-state index in [2.05, 4.69) is 4.98 Å². The maximum atomic E-state index is 13.9. The maximum Gasteiger partial charge on any atom is 0.338 e. The number of rotatable bonds is 7.